The van der Waals surface area contributed by atoms with E-state index in [0.29, 0.717) is 5.92 Å². The van der Waals surface area contributed by atoms with Crippen LogP contribution in [0.1, 0.15) is 56.1 Å². The van der Waals surface area contributed by atoms with Gasteiger partial charge >= 0.3 is 6.11 Å². The van der Waals surface area contributed by atoms with Gasteiger partial charge < -0.3 is 4.74 Å². The second-order valence-corrected chi connectivity index (χ2v) is 6.83. The standard InChI is InChI=1S/C21H28F2O/c1-3-5-6-18-9-11-19(12-10-18)15-21(22,23)24-16-20-13-7-17(4-2)8-14-20/h3-4,7-8,13-14,18-19H,1-2,5-6,9-12,15-16H2. The highest BCUT2D eigenvalue weighted by Gasteiger charge is 2.35. The molecule has 1 saturated carbocycles. The van der Waals surface area contributed by atoms with Gasteiger partial charge in [0.05, 0.1) is 6.61 Å². The van der Waals surface area contributed by atoms with Crippen LogP contribution in [0.5, 0.6) is 0 Å². The van der Waals surface area contributed by atoms with Gasteiger partial charge in [0.25, 0.3) is 0 Å². The number of ether oxygens (including phenoxy) is 1. The van der Waals surface area contributed by atoms with Crippen LogP contribution in [0.3, 0.4) is 0 Å². The summed E-state index contributed by atoms with van der Waals surface area (Å²) >= 11 is 0. The Kier molecular flexibility index (Phi) is 7.16. The van der Waals surface area contributed by atoms with Crippen molar-refractivity contribution in [2.24, 2.45) is 11.8 Å². The number of allylic oxidation sites excluding steroid dienone is 1. The highest BCUT2D eigenvalue weighted by Crippen LogP contribution is 2.38. The van der Waals surface area contributed by atoms with E-state index in [1.54, 1.807) is 18.2 Å². The van der Waals surface area contributed by atoms with Crippen LogP contribution >= 0.6 is 0 Å². The molecule has 0 aliphatic heterocycles. The van der Waals surface area contributed by atoms with E-state index in [0.717, 1.165) is 49.7 Å². The van der Waals surface area contributed by atoms with Crippen LogP contribution in [0.25, 0.3) is 6.08 Å². The third-order valence-electron chi connectivity index (χ3n) is 4.94. The SMILES string of the molecule is C=CCCC1CCC(CC(F)(F)OCc2ccc(C=C)cc2)CC1. The molecule has 0 bridgehead atoms. The Balaban J connectivity index is 1.74. The Morgan fingerprint density at radius 3 is 2.25 bits per heavy atom. The summed E-state index contributed by atoms with van der Waals surface area (Å²) in [6.07, 6.45) is 6.50. The van der Waals surface area contributed by atoms with Gasteiger partial charge in [0, 0.05) is 6.42 Å². The van der Waals surface area contributed by atoms with Crippen LogP contribution in [0, 0.1) is 11.8 Å². The molecule has 0 atom stereocenters. The lowest BCUT2D eigenvalue weighted by molar-refractivity contribution is -0.256. The van der Waals surface area contributed by atoms with E-state index >= 15 is 0 Å². The topological polar surface area (TPSA) is 9.23 Å². The Labute approximate surface area is 144 Å². The maximum atomic E-state index is 14.1. The molecule has 1 aliphatic carbocycles. The van der Waals surface area contributed by atoms with Crippen molar-refractivity contribution in [1.29, 1.82) is 0 Å². The molecular weight excluding hydrogens is 306 g/mol. The molecule has 132 valence electrons. The van der Waals surface area contributed by atoms with Crippen molar-refractivity contribution in [3.8, 4) is 0 Å². The first kappa shape index (κ1) is 18.9. The van der Waals surface area contributed by atoms with Gasteiger partial charge in [-0.2, -0.15) is 8.78 Å². The van der Waals surface area contributed by atoms with Gasteiger partial charge in [0.2, 0.25) is 0 Å². The van der Waals surface area contributed by atoms with Gasteiger partial charge in [0.15, 0.2) is 0 Å². The van der Waals surface area contributed by atoms with E-state index in [1.807, 2.05) is 18.2 Å². The van der Waals surface area contributed by atoms with Crippen molar-refractivity contribution in [2.75, 3.05) is 0 Å². The fourth-order valence-corrected chi connectivity index (χ4v) is 3.41. The zero-order valence-electron chi connectivity index (χ0n) is 14.4. The van der Waals surface area contributed by atoms with E-state index in [2.05, 4.69) is 13.2 Å². The van der Waals surface area contributed by atoms with Gasteiger partial charge in [-0.1, -0.05) is 55.8 Å². The summed E-state index contributed by atoms with van der Waals surface area (Å²) in [5.74, 6) is 0.750. The fourth-order valence-electron chi connectivity index (χ4n) is 3.41. The molecule has 0 spiro atoms. The molecule has 0 amide bonds. The minimum Gasteiger partial charge on any atom is -0.316 e. The van der Waals surface area contributed by atoms with E-state index in [4.69, 9.17) is 4.74 Å². The Morgan fingerprint density at radius 2 is 1.67 bits per heavy atom. The number of hydrogen-bond acceptors (Lipinski definition) is 1. The first-order valence-electron chi connectivity index (χ1n) is 8.86. The van der Waals surface area contributed by atoms with E-state index in [9.17, 15) is 8.78 Å². The molecule has 2 rings (SSSR count). The Morgan fingerprint density at radius 1 is 1.04 bits per heavy atom. The monoisotopic (exact) mass is 334 g/mol. The van der Waals surface area contributed by atoms with Crippen molar-refractivity contribution < 1.29 is 13.5 Å². The van der Waals surface area contributed by atoms with E-state index < -0.39 is 6.11 Å². The van der Waals surface area contributed by atoms with E-state index in [1.165, 1.54) is 0 Å². The van der Waals surface area contributed by atoms with Gasteiger partial charge in [-0.3, -0.25) is 0 Å². The number of hydrogen-bond donors (Lipinski definition) is 0. The van der Waals surface area contributed by atoms with Crippen molar-refractivity contribution in [3.05, 3.63) is 54.6 Å². The molecule has 24 heavy (non-hydrogen) atoms. The normalized spacial score (nSPS) is 21.4. The molecule has 0 unspecified atom stereocenters. The minimum atomic E-state index is -3.05. The zero-order chi connectivity index (χ0) is 17.4. The summed E-state index contributed by atoms with van der Waals surface area (Å²) in [5.41, 5.74) is 1.73. The molecule has 1 fully saturated rings. The number of benzene rings is 1. The number of halogens is 2. The molecule has 0 saturated heterocycles. The molecule has 1 aliphatic rings. The molecule has 3 heteroatoms. The van der Waals surface area contributed by atoms with Gasteiger partial charge in [-0.25, -0.2) is 0 Å². The smallest absolute Gasteiger partial charge is 0.316 e. The van der Waals surface area contributed by atoms with Crippen LogP contribution in [0.15, 0.2) is 43.5 Å². The molecule has 1 aromatic rings. The highest BCUT2D eigenvalue weighted by atomic mass is 19.3. The predicted octanol–water partition coefficient (Wildman–Crippen LogP) is 6.60. The zero-order valence-corrected chi connectivity index (χ0v) is 14.4. The third-order valence-corrected chi connectivity index (χ3v) is 4.94. The predicted molar refractivity (Wildman–Crippen MR) is 95.8 cm³/mol. The molecule has 0 heterocycles. The van der Waals surface area contributed by atoms with Crippen molar-refractivity contribution in [2.45, 2.75) is 57.7 Å². The summed E-state index contributed by atoms with van der Waals surface area (Å²) in [4.78, 5) is 0. The maximum Gasteiger partial charge on any atom is 0.356 e. The van der Waals surface area contributed by atoms with Crippen LogP contribution in [0.2, 0.25) is 0 Å². The lowest BCUT2D eigenvalue weighted by Gasteiger charge is -2.30. The fraction of sp³-hybridized carbons (Fsp3) is 0.524. The van der Waals surface area contributed by atoms with Crippen molar-refractivity contribution in [3.63, 3.8) is 0 Å². The van der Waals surface area contributed by atoms with Crippen LogP contribution in [0.4, 0.5) is 8.78 Å². The van der Waals surface area contributed by atoms with Gasteiger partial charge in [-0.05, 0) is 48.6 Å². The molecule has 0 N–H and O–H groups in total. The summed E-state index contributed by atoms with van der Waals surface area (Å²) in [6, 6.07) is 7.32. The summed E-state index contributed by atoms with van der Waals surface area (Å²) in [7, 11) is 0. The number of rotatable bonds is 9. The lowest BCUT2D eigenvalue weighted by atomic mass is 9.78. The first-order valence-corrected chi connectivity index (χ1v) is 8.86. The summed E-state index contributed by atoms with van der Waals surface area (Å²) in [5, 5.41) is 0. The summed E-state index contributed by atoms with van der Waals surface area (Å²) in [6.45, 7) is 7.36. The molecule has 0 aromatic heterocycles. The molecule has 1 aromatic carbocycles. The first-order chi connectivity index (χ1) is 11.5. The largest absolute Gasteiger partial charge is 0.356 e. The average Bonchev–Trinajstić information content (AvgIpc) is 2.59. The van der Waals surface area contributed by atoms with E-state index in [-0.39, 0.29) is 18.9 Å². The Hall–Kier alpha value is -1.48. The molecular formula is C21H28F2O. The Bertz CT molecular complexity index is 513. The highest BCUT2D eigenvalue weighted by molar-refractivity contribution is 5.47. The third kappa shape index (κ3) is 6.20. The van der Waals surface area contributed by atoms with Crippen molar-refractivity contribution in [1.82, 2.24) is 0 Å². The lowest BCUT2D eigenvalue weighted by Crippen LogP contribution is -2.27. The molecule has 0 radical (unpaired) electrons. The second kappa shape index (κ2) is 9.12. The van der Waals surface area contributed by atoms with Crippen molar-refractivity contribution >= 4 is 6.08 Å². The van der Waals surface area contributed by atoms with Gasteiger partial charge in [-0.15, -0.1) is 6.58 Å². The average molecular weight is 334 g/mol. The maximum absolute atomic E-state index is 14.1. The van der Waals surface area contributed by atoms with Crippen LogP contribution < -0.4 is 0 Å². The second-order valence-electron chi connectivity index (χ2n) is 6.83. The van der Waals surface area contributed by atoms with Crippen LogP contribution in [-0.4, -0.2) is 6.11 Å². The van der Waals surface area contributed by atoms with Gasteiger partial charge in [0.1, 0.15) is 0 Å². The number of alkyl halides is 2. The molecule has 1 nitrogen and oxygen atoms in total. The van der Waals surface area contributed by atoms with Crippen LogP contribution in [-0.2, 0) is 11.3 Å². The quantitative estimate of drug-likeness (QED) is 0.462. The summed E-state index contributed by atoms with van der Waals surface area (Å²) < 4.78 is 33.1. The minimum absolute atomic E-state index is 0.0564.